The van der Waals surface area contributed by atoms with Crippen molar-refractivity contribution < 1.29 is 4.79 Å². The molecule has 0 spiro atoms. The fraction of sp³-hybridized carbons (Fsp3) is 0.500. The lowest BCUT2D eigenvalue weighted by molar-refractivity contribution is 0.0989. The third-order valence-electron chi connectivity index (χ3n) is 1.74. The summed E-state index contributed by atoms with van der Waals surface area (Å²) in [6, 6.07) is 0. The molecule has 66 valence electrons. The predicted molar refractivity (Wildman–Crippen MR) is 46.9 cm³/mol. The van der Waals surface area contributed by atoms with Gasteiger partial charge in [-0.15, -0.1) is 0 Å². The molecule has 0 saturated carbocycles. The molecule has 0 amide bonds. The molecular weight excluding hydrogens is 154 g/mol. The third kappa shape index (κ3) is 1.47. The summed E-state index contributed by atoms with van der Waals surface area (Å²) in [6.45, 7) is 4.50. The van der Waals surface area contributed by atoms with Gasteiger partial charge in [-0.25, -0.2) is 0 Å². The molecule has 0 aliphatic carbocycles. The second-order valence-corrected chi connectivity index (χ2v) is 2.56. The lowest BCUT2D eigenvalue weighted by Gasteiger charge is -1.90. The van der Waals surface area contributed by atoms with Crippen LogP contribution in [0.15, 0.2) is 6.20 Å². The van der Waals surface area contributed by atoms with Gasteiger partial charge in [-0.1, -0.05) is 6.92 Å². The van der Waals surface area contributed by atoms with Crippen LogP contribution in [0.4, 0.5) is 5.82 Å². The van der Waals surface area contributed by atoms with Crippen molar-refractivity contribution in [1.82, 2.24) is 9.78 Å². The van der Waals surface area contributed by atoms with E-state index in [0.29, 0.717) is 17.8 Å². The highest BCUT2D eigenvalue weighted by molar-refractivity contribution is 5.99. The molecule has 0 bridgehead atoms. The van der Waals surface area contributed by atoms with Crippen LogP contribution in [0.2, 0.25) is 0 Å². The minimum absolute atomic E-state index is 0.0483. The maximum absolute atomic E-state index is 11.2. The number of Topliss-reactive ketones (excluding diaryl/α,β-unsaturated/α-hetero) is 1. The van der Waals surface area contributed by atoms with Crippen LogP contribution in [0.1, 0.15) is 30.6 Å². The number of aryl methyl sites for hydroxylation is 1. The Bertz CT molecular complexity index is 290. The Morgan fingerprint density at radius 1 is 1.67 bits per heavy atom. The van der Waals surface area contributed by atoms with Crippen LogP contribution < -0.4 is 5.73 Å². The topological polar surface area (TPSA) is 60.9 Å². The number of nitrogen functional groups attached to an aromatic ring is 1. The number of anilines is 1. The summed E-state index contributed by atoms with van der Waals surface area (Å²) in [7, 11) is 0. The van der Waals surface area contributed by atoms with Crippen molar-refractivity contribution in [2.75, 3.05) is 5.73 Å². The van der Waals surface area contributed by atoms with Crippen LogP contribution in [-0.2, 0) is 6.54 Å². The highest BCUT2D eigenvalue weighted by Crippen LogP contribution is 2.10. The van der Waals surface area contributed by atoms with Gasteiger partial charge >= 0.3 is 0 Å². The SMILES string of the molecule is CCC(=O)c1cn(CC)nc1N. The fourth-order valence-electron chi connectivity index (χ4n) is 1.00. The lowest BCUT2D eigenvalue weighted by atomic mass is 10.2. The van der Waals surface area contributed by atoms with Gasteiger partial charge in [-0.3, -0.25) is 9.48 Å². The highest BCUT2D eigenvalue weighted by atomic mass is 16.1. The van der Waals surface area contributed by atoms with E-state index in [4.69, 9.17) is 5.73 Å². The number of rotatable bonds is 3. The van der Waals surface area contributed by atoms with Gasteiger partial charge in [0.25, 0.3) is 0 Å². The average Bonchev–Trinajstić information content (AvgIpc) is 2.45. The summed E-state index contributed by atoms with van der Waals surface area (Å²) in [5.41, 5.74) is 6.08. The zero-order valence-corrected chi connectivity index (χ0v) is 7.37. The Morgan fingerprint density at radius 3 is 2.75 bits per heavy atom. The number of carbonyl (C=O) groups is 1. The maximum atomic E-state index is 11.2. The molecule has 12 heavy (non-hydrogen) atoms. The Morgan fingerprint density at radius 2 is 2.33 bits per heavy atom. The molecule has 1 aromatic heterocycles. The van der Waals surface area contributed by atoms with E-state index in [2.05, 4.69) is 5.10 Å². The highest BCUT2D eigenvalue weighted by Gasteiger charge is 2.10. The van der Waals surface area contributed by atoms with E-state index in [1.54, 1.807) is 10.9 Å². The summed E-state index contributed by atoms with van der Waals surface area (Å²) in [5.74, 6) is 0.385. The molecule has 0 aliphatic heterocycles. The molecule has 0 atom stereocenters. The number of carbonyl (C=O) groups excluding carboxylic acids is 1. The van der Waals surface area contributed by atoms with Crippen LogP contribution >= 0.6 is 0 Å². The van der Waals surface area contributed by atoms with Gasteiger partial charge in [0.05, 0.1) is 5.56 Å². The number of nitrogens with zero attached hydrogens (tertiary/aromatic N) is 2. The molecule has 1 rings (SSSR count). The number of hydrogen-bond donors (Lipinski definition) is 1. The van der Waals surface area contributed by atoms with Gasteiger partial charge in [-0.05, 0) is 6.92 Å². The smallest absolute Gasteiger partial charge is 0.167 e. The standard InChI is InChI=1S/C8H13N3O/c1-3-7(12)6-5-11(4-2)10-8(6)9/h5H,3-4H2,1-2H3,(H2,9,10). The molecule has 0 radical (unpaired) electrons. The lowest BCUT2D eigenvalue weighted by Crippen LogP contribution is -1.99. The van der Waals surface area contributed by atoms with Crippen molar-refractivity contribution in [2.45, 2.75) is 26.8 Å². The Kier molecular flexibility index (Phi) is 2.47. The molecule has 0 fully saturated rings. The van der Waals surface area contributed by atoms with E-state index in [0.717, 1.165) is 6.54 Å². The summed E-state index contributed by atoms with van der Waals surface area (Å²) in [4.78, 5) is 11.2. The van der Waals surface area contributed by atoms with Gasteiger partial charge in [0.1, 0.15) is 0 Å². The van der Waals surface area contributed by atoms with E-state index in [9.17, 15) is 4.79 Å². The third-order valence-corrected chi connectivity index (χ3v) is 1.74. The first kappa shape index (κ1) is 8.77. The molecule has 0 saturated heterocycles. The second-order valence-electron chi connectivity index (χ2n) is 2.56. The van der Waals surface area contributed by atoms with Gasteiger partial charge < -0.3 is 5.73 Å². The van der Waals surface area contributed by atoms with Crippen molar-refractivity contribution in [3.8, 4) is 0 Å². The van der Waals surface area contributed by atoms with Crippen LogP contribution in [0.3, 0.4) is 0 Å². The van der Waals surface area contributed by atoms with Crippen LogP contribution in [0.5, 0.6) is 0 Å². The summed E-state index contributed by atoms with van der Waals surface area (Å²) >= 11 is 0. The predicted octanol–water partition coefficient (Wildman–Crippen LogP) is 1.08. The van der Waals surface area contributed by atoms with Gasteiger partial charge in [-0.2, -0.15) is 5.10 Å². The fourth-order valence-corrected chi connectivity index (χ4v) is 1.00. The molecule has 4 nitrogen and oxygen atoms in total. The number of hydrogen-bond acceptors (Lipinski definition) is 3. The molecule has 1 aromatic rings. The molecular formula is C8H13N3O. The van der Waals surface area contributed by atoms with Crippen LogP contribution in [0.25, 0.3) is 0 Å². The Labute approximate surface area is 71.4 Å². The summed E-state index contributed by atoms with van der Waals surface area (Å²) in [6.07, 6.45) is 2.17. The Hall–Kier alpha value is -1.32. The van der Waals surface area contributed by atoms with Crippen molar-refractivity contribution in [1.29, 1.82) is 0 Å². The number of aromatic nitrogens is 2. The van der Waals surface area contributed by atoms with Crippen LogP contribution in [0, 0.1) is 0 Å². The van der Waals surface area contributed by atoms with Gasteiger partial charge in [0.2, 0.25) is 0 Å². The zero-order chi connectivity index (χ0) is 9.14. The molecule has 4 heteroatoms. The minimum Gasteiger partial charge on any atom is -0.382 e. The first-order chi connectivity index (χ1) is 5.69. The number of ketones is 1. The maximum Gasteiger partial charge on any atom is 0.167 e. The molecule has 0 aromatic carbocycles. The van der Waals surface area contributed by atoms with Crippen molar-refractivity contribution in [3.05, 3.63) is 11.8 Å². The number of nitrogens with two attached hydrogens (primary N) is 1. The van der Waals surface area contributed by atoms with Crippen molar-refractivity contribution in [2.24, 2.45) is 0 Å². The van der Waals surface area contributed by atoms with E-state index in [-0.39, 0.29) is 5.78 Å². The molecule has 2 N–H and O–H groups in total. The monoisotopic (exact) mass is 167 g/mol. The van der Waals surface area contributed by atoms with Crippen molar-refractivity contribution >= 4 is 11.6 Å². The van der Waals surface area contributed by atoms with E-state index < -0.39 is 0 Å². The van der Waals surface area contributed by atoms with E-state index in [1.807, 2.05) is 13.8 Å². The first-order valence-electron chi connectivity index (χ1n) is 4.05. The van der Waals surface area contributed by atoms with E-state index in [1.165, 1.54) is 0 Å². The minimum atomic E-state index is 0.0483. The summed E-state index contributed by atoms with van der Waals surface area (Å²) in [5, 5.41) is 3.97. The second kappa shape index (κ2) is 3.38. The van der Waals surface area contributed by atoms with Crippen LogP contribution in [-0.4, -0.2) is 15.6 Å². The first-order valence-corrected chi connectivity index (χ1v) is 4.05. The summed E-state index contributed by atoms with van der Waals surface area (Å²) < 4.78 is 1.66. The quantitative estimate of drug-likeness (QED) is 0.685. The Balaban J connectivity index is 2.99. The normalized spacial score (nSPS) is 10.2. The average molecular weight is 167 g/mol. The van der Waals surface area contributed by atoms with Gasteiger partial charge in [0.15, 0.2) is 11.6 Å². The molecule has 1 heterocycles. The largest absolute Gasteiger partial charge is 0.382 e. The zero-order valence-electron chi connectivity index (χ0n) is 7.37. The molecule has 0 unspecified atom stereocenters. The van der Waals surface area contributed by atoms with Gasteiger partial charge in [0, 0.05) is 19.2 Å². The van der Waals surface area contributed by atoms with Crippen molar-refractivity contribution in [3.63, 3.8) is 0 Å². The molecule has 0 aliphatic rings. The van der Waals surface area contributed by atoms with E-state index >= 15 is 0 Å².